The fourth-order valence-electron chi connectivity index (χ4n) is 2.71. The number of allylic oxidation sites excluding steroid dienone is 1. The molecule has 26 heavy (non-hydrogen) atoms. The summed E-state index contributed by atoms with van der Waals surface area (Å²) in [6, 6.07) is 17.6. The molecule has 132 valence electrons. The summed E-state index contributed by atoms with van der Waals surface area (Å²) in [6.45, 7) is 0.354. The van der Waals surface area contributed by atoms with E-state index in [1.54, 1.807) is 18.2 Å². The van der Waals surface area contributed by atoms with E-state index in [1.807, 2.05) is 24.3 Å². The van der Waals surface area contributed by atoms with Crippen LogP contribution in [0.15, 0.2) is 60.7 Å². The Hall–Kier alpha value is -2.49. The number of fused-ring (bicyclic) bond motifs is 1. The minimum absolute atomic E-state index is 0.354. The third-order valence-electron chi connectivity index (χ3n) is 3.91. The van der Waals surface area contributed by atoms with Gasteiger partial charge in [-0.1, -0.05) is 54.1 Å². The van der Waals surface area contributed by atoms with E-state index in [4.69, 9.17) is 32.7 Å². The summed E-state index contributed by atoms with van der Waals surface area (Å²) in [5.41, 5.74) is 1.75. The van der Waals surface area contributed by atoms with Crippen molar-refractivity contribution in [3.63, 3.8) is 0 Å². The van der Waals surface area contributed by atoms with E-state index in [0.717, 1.165) is 16.3 Å². The zero-order valence-electron chi connectivity index (χ0n) is 14.0. The maximum absolute atomic E-state index is 10.9. The minimum Gasteiger partial charge on any atom is -0.493 e. The number of carbonyl (C=O) groups excluding carboxylic acids is 1. The normalized spacial score (nSPS) is 11.0. The Labute approximate surface area is 161 Å². The van der Waals surface area contributed by atoms with Gasteiger partial charge in [-0.3, -0.25) is 4.79 Å². The van der Waals surface area contributed by atoms with Gasteiger partial charge in [0.25, 0.3) is 0 Å². The molecule has 0 heterocycles. The van der Waals surface area contributed by atoms with E-state index in [1.165, 1.54) is 13.2 Å². The lowest BCUT2D eigenvalue weighted by Crippen LogP contribution is -1.99. The molecule has 3 aromatic carbocycles. The maximum atomic E-state index is 10.9. The van der Waals surface area contributed by atoms with Crippen molar-refractivity contribution in [3.8, 4) is 11.5 Å². The number of halogens is 2. The monoisotopic (exact) mass is 386 g/mol. The fraction of sp³-hybridized carbons (Fsp3) is 0.0952. The highest BCUT2D eigenvalue weighted by Crippen LogP contribution is 2.37. The lowest BCUT2D eigenvalue weighted by Gasteiger charge is -2.14. The van der Waals surface area contributed by atoms with Crippen LogP contribution in [0.1, 0.15) is 11.1 Å². The largest absolute Gasteiger partial charge is 0.493 e. The summed E-state index contributed by atoms with van der Waals surface area (Å²) in [6.07, 6.45) is 2.82. The summed E-state index contributed by atoms with van der Waals surface area (Å²) in [7, 11) is 1.54. The second-order valence-electron chi connectivity index (χ2n) is 5.60. The molecule has 0 spiro atoms. The smallest absolute Gasteiger partial charge is 0.245 e. The number of hydrogen-bond acceptors (Lipinski definition) is 3. The van der Waals surface area contributed by atoms with Crippen LogP contribution in [0, 0.1) is 0 Å². The number of benzene rings is 3. The van der Waals surface area contributed by atoms with Gasteiger partial charge in [0.1, 0.15) is 6.61 Å². The lowest BCUT2D eigenvalue weighted by molar-refractivity contribution is -0.107. The summed E-state index contributed by atoms with van der Waals surface area (Å²) in [5.74, 6) is 0.941. The Morgan fingerprint density at radius 2 is 1.88 bits per heavy atom. The van der Waals surface area contributed by atoms with E-state index < -0.39 is 5.24 Å². The molecule has 0 radical (unpaired) electrons. The average molecular weight is 387 g/mol. The second-order valence-corrected chi connectivity index (χ2v) is 6.38. The topological polar surface area (TPSA) is 35.5 Å². The highest BCUT2D eigenvalue weighted by molar-refractivity contribution is 6.66. The van der Waals surface area contributed by atoms with E-state index in [2.05, 4.69) is 18.2 Å². The Balaban J connectivity index is 1.88. The first-order valence-corrected chi connectivity index (χ1v) is 8.68. The molecule has 3 rings (SSSR count). The van der Waals surface area contributed by atoms with Gasteiger partial charge >= 0.3 is 0 Å². The van der Waals surface area contributed by atoms with Crippen molar-refractivity contribution >= 4 is 45.3 Å². The summed E-state index contributed by atoms with van der Waals surface area (Å²) in [5, 5.41) is 2.12. The summed E-state index contributed by atoms with van der Waals surface area (Å²) in [4.78, 5) is 10.9. The van der Waals surface area contributed by atoms with Crippen molar-refractivity contribution in [1.29, 1.82) is 0 Å². The molecule has 0 aliphatic heterocycles. The van der Waals surface area contributed by atoms with Crippen molar-refractivity contribution in [3.05, 3.63) is 76.8 Å². The van der Waals surface area contributed by atoms with Gasteiger partial charge < -0.3 is 9.47 Å². The average Bonchev–Trinajstić information content (AvgIpc) is 2.65. The van der Waals surface area contributed by atoms with Crippen LogP contribution >= 0.6 is 23.2 Å². The SMILES string of the molecule is COc1cc(/C=C/C(=O)Cl)cc(Cl)c1OCc1cccc2ccccc12. The standard InChI is InChI=1S/C21H16Cl2O3/c1-25-19-12-14(9-10-20(23)24)11-18(22)21(19)26-13-16-7-4-6-15-5-2-3-8-17(15)16/h2-12H,13H2,1H3/b10-9+. The molecule has 0 bridgehead atoms. The predicted molar refractivity (Wildman–Crippen MR) is 106 cm³/mol. The van der Waals surface area contributed by atoms with Crippen LogP contribution in [-0.4, -0.2) is 12.4 Å². The van der Waals surface area contributed by atoms with Crippen LogP contribution in [0.4, 0.5) is 0 Å². The van der Waals surface area contributed by atoms with E-state index in [9.17, 15) is 4.79 Å². The Bertz CT molecular complexity index is 975. The van der Waals surface area contributed by atoms with Crippen molar-refractivity contribution < 1.29 is 14.3 Å². The van der Waals surface area contributed by atoms with E-state index in [-0.39, 0.29) is 0 Å². The molecular weight excluding hydrogens is 371 g/mol. The molecule has 0 aromatic heterocycles. The van der Waals surface area contributed by atoms with Crippen LogP contribution < -0.4 is 9.47 Å². The van der Waals surface area contributed by atoms with Crippen molar-refractivity contribution in [2.24, 2.45) is 0 Å². The molecule has 0 amide bonds. The Morgan fingerprint density at radius 1 is 1.12 bits per heavy atom. The Kier molecular flexibility index (Phi) is 5.82. The third kappa shape index (κ3) is 4.18. The maximum Gasteiger partial charge on any atom is 0.245 e. The van der Waals surface area contributed by atoms with Gasteiger partial charge in [-0.15, -0.1) is 0 Å². The molecule has 0 unspecified atom stereocenters. The van der Waals surface area contributed by atoms with Crippen molar-refractivity contribution in [2.45, 2.75) is 6.61 Å². The molecule has 0 atom stereocenters. The van der Waals surface area contributed by atoms with Gasteiger partial charge in [0.15, 0.2) is 11.5 Å². The third-order valence-corrected chi connectivity index (χ3v) is 4.32. The van der Waals surface area contributed by atoms with Gasteiger partial charge in [-0.05, 0) is 57.8 Å². The van der Waals surface area contributed by atoms with Gasteiger partial charge in [0.05, 0.1) is 12.1 Å². The number of carbonyl (C=O) groups is 1. The summed E-state index contributed by atoms with van der Waals surface area (Å²) < 4.78 is 11.3. The van der Waals surface area contributed by atoms with Crippen LogP contribution in [-0.2, 0) is 11.4 Å². The molecule has 5 heteroatoms. The summed E-state index contributed by atoms with van der Waals surface area (Å²) >= 11 is 11.7. The zero-order chi connectivity index (χ0) is 18.5. The molecular formula is C21H16Cl2O3. The number of methoxy groups -OCH3 is 1. The van der Waals surface area contributed by atoms with E-state index in [0.29, 0.717) is 28.7 Å². The molecule has 0 fully saturated rings. The van der Waals surface area contributed by atoms with Crippen molar-refractivity contribution in [1.82, 2.24) is 0 Å². The molecule has 0 saturated heterocycles. The first-order chi connectivity index (χ1) is 12.6. The molecule has 0 aliphatic carbocycles. The first-order valence-electron chi connectivity index (χ1n) is 7.93. The molecule has 0 aliphatic rings. The molecule has 3 nitrogen and oxygen atoms in total. The second kappa shape index (κ2) is 8.26. The number of hydrogen-bond donors (Lipinski definition) is 0. The van der Waals surface area contributed by atoms with Gasteiger partial charge in [-0.2, -0.15) is 0 Å². The number of rotatable bonds is 6. The highest BCUT2D eigenvalue weighted by atomic mass is 35.5. The Morgan fingerprint density at radius 3 is 2.65 bits per heavy atom. The fourth-order valence-corrected chi connectivity index (χ4v) is 3.04. The van der Waals surface area contributed by atoms with Crippen LogP contribution in [0.5, 0.6) is 11.5 Å². The first kappa shape index (κ1) is 18.3. The molecule has 3 aromatic rings. The van der Waals surface area contributed by atoms with Gasteiger partial charge in [0, 0.05) is 0 Å². The van der Waals surface area contributed by atoms with E-state index >= 15 is 0 Å². The van der Waals surface area contributed by atoms with Gasteiger partial charge in [0.2, 0.25) is 5.24 Å². The zero-order valence-corrected chi connectivity index (χ0v) is 15.6. The number of ether oxygens (including phenoxy) is 2. The van der Waals surface area contributed by atoms with Crippen LogP contribution in [0.25, 0.3) is 16.8 Å². The highest BCUT2D eigenvalue weighted by Gasteiger charge is 2.12. The van der Waals surface area contributed by atoms with Crippen LogP contribution in [0.3, 0.4) is 0 Å². The molecule has 0 saturated carbocycles. The van der Waals surface area contributed by atoms with Gasteiger partial charge in [-0.25, -0.2) is 0 Å². The van der Waals surface area contributed by atoms with Crippen LogP contribution in [0.2, 0.25) is 5.02 Å². The minimum atomic E-state index is -0.559. The predicted octanol–water partition coefficient (Wildman–Crippen LogP) is 5.86. The lowest BCUT2D eigenvalue weighted by atomic mass is 10.1. The molecule has 0 N–H and O–H groups in total. The quantitative estimate of drug-likeness (QED) is 0.393. The van der Waals surface area contributed by atoms with Crippen molar-refractivity contribution in [2.75, 3.05) is 7.11 Å².